The van der Waals surface area contributed by atoms with Crippen LogP contribution in [0.15, 0.2) is 42.5 Å². The maximum Gasteiger partial charge on any atom is 0.237 e. The minimum Gasteiger partial charge on any atom is -0.486 e. The Morgan fingerprint density at radius 2 is 2.04 bits per heavy atom. The van der Waals surface area contributed by atoms with Gasteiger partial charge in [-0.1, -0.05) is 24.3 Å². The Morgan fingerprint density at radius 1 is 1.20 bits per heavy atom. The van der Waals surface area contributed by atoms with E-state index >= 15 is 0 Å². The molecule has 1 atom stereocenters. The van der Waals surface area contributed by atoms with Gasteiger partial charge in [0.05, 0.1) is 6.04 Å². The third kappa shape index (κ3) is 4.54. The minimum atomic E-state index is -0.540. The molecule has 1 saturated heterocycles. The molecule has 25 heavy (non-hydrogen) atoms. The lowest BCUT2D eigenvalue weighted by atomic mass is 10.2. The van der Waals surface area contributed by atoms with Crippen molar-refractivity contribution in [2.75, 3.05) is 6.54 Å². The van der Waals surface area contributed by atoms with Gasteiger partial charge in [-0.2, -0.15) is 0 Å². The van der Waals surface area contributed by atoms with E-state index in [0.29, 0.717) is 11.1 Å². The molecular weight excluding hydrogens is 326 g/mol. The summed E-state index contributed by atoms with van der Waals surface area (Å²) >= 11 is 0. The Kier molecular flexibility index (Phi) is 5.60. The molecule has 2 N–H and O–H groups in total. The summed E-state index contributed by atoms with van der Waals surface area (Å²) in [6.07, 6.45) is 1.81. The lowest BCUT2D eigenvalue weighted by Gasteiger charge is -2.12. The Hall–Kier alpha value is -2.47. The van der Waals surface area contributed by atoms with E-state index < -0.39 is 5.82 Å². The van der Waals surface area contributed by atoms with Crippen LogP contribution in [-0.2, 0) is 17.9 Å². The van der Waals surface area contributed by atoms with Gasteiger partial charge in [-0.3, -0.25) is 4.79 Å². The van der Waals surface area contributed by atoms with Crippen molar-refractivity contribution in [2.24, 2.45) is 0 Å². The molecule has 0 aliphatic carbocycles. The number of nitrogens with one attached hydrogen (secondary N) is 2. The third-order valence-corrected chi connectivity index (χ3v) is 4.18. The number of rotatable bonds is 6. The van der Waals surface area contributed by atoms with Gasteiger partial charge in [0.1, 0.15) is 12.4 Å². The Labute approximate surface area is 145 Å². The van der Waals surface area contributed by atoms with Crippen molar-refractivity contribution >= 4 is 5.91 Å². The molecule has 1 amide bonds. The standard InChI is InChI=1S/C19H20F2N2O2/c20-15-5-2-1-4-14(15)12-25-18-8-7-13(10-16(18)21)11-23-19(24)17-6-3-9-22-17/h1-2,4-5,7-8,10,17,22H,3,6,9,11-12H2,(H,23,24)/t17-/m0/s1. The summed E-state index contributed by atoms with van der Waals surface area (Å²) in [7, 11) is 0. The van der Waals surface area contributed by atoms with E-state index in [4.69, 9.17) is 4.74 Å². The van der Waals surface area contributed by atoms with Crippen LogP contribution in [0.5, 0.6) is 5.75 Å². The van der Waals surface area contributed by atoms with Gasteiger partial charge in [-0.15, -0.1) is 0 Å². The predicted octanol–water partition coefficient (Wildman–Crippen LogP) is 2.91. The molecule has 0 spiro atoms. The van der Waals surface area contributed by atoms with Crippen LogP contribution in [0, 0.1) is 11.6 Å². The zero-order valence-corrected chi connectivity index (χ0v) is 13.7. The predicted molar refractivity (Wildman–Crippen MR) is 90.0 cm³/mol. The van der Waals surface area contributed by atoms with Gasteiger partial charge in [0.25, 0.3) is 0 Å². The van der Waals surface area contributed by atoms with Crippen LogP contribution in [0.25, 0.3) is 0 Å². The van der Waals surface area contributed by atoms with E-state index in [-0.39, 0.29) is 36.7 Å². The topological polar surface area (TPSA) is 50.4 Å². The summed E-state index contributed by atoms with van der Waals surface area (Å²) < 4.78 is 33.0. The van der Waals surface area contributed by atoms with Crippen molar-refractivity contribution in [2.45, 2.75) is 32.0 Å². The summed E-state index contributed by atoms with van der Waals surface area (Å²) in [4.78, 5) is 11.9. The first-order valence-electron chi connectivity index (χ1n) is 8.29. The second-order valence-electron chi connectivity index (χ2n) is 6.01. The monoisotopic (exact) mass is 346 g/mol. The highest BCUT2D eigenvalue weighted by molar-refractivity contribution is 5.81. The van der Waals surface area contributed by atoms with Crippen LogP contribution in [0.1, 0.15) is 24.0 Å². The molecule has 0 saturated carbocycles. The lowest BCUT2D eigenvalue weighted by Crippen LogP contribution is -2.40. The zero-order valence-electron chi connectivity index (χ0n) is 13.7. The molecule has 1 aliphatic rings. The first kappa shape index (κ1) is 17.4. The van der Waals surface area contributed by atoms with Crippen molar-refractivity contribution < 1.29 is 18.3 Å². The molecule has 2 aromatic carbocycles. The number of hydrogen-bond donors (Lipinski definition) is 2. The number of amides is 1. The highest BCUT2D eigenvalue weighted by Crippen LogP contribution is 2.20. The molecule has 0 unspecified atom stereocenters. The Balaban J connectivity index is 1.55. The summed E-state index contributed by atoms with van der Waals surface area (Å²) in [6, 6.07) is 10.5. The SMILES string of the molecule is O=C(NCc1ccc(OCc2ccccc2F)c(F)c1)[C@@H]1CCCN1. The van der Waals surface area contributed by atoms with Gasteiger partial charge < -0.3 is 15.4 Å². The van der Waals surface area contributed by atoms with Crippen LogP contribution in [0.4, 0.5) is 8.78 Å². The van der Waals surface area contributed by atoms with Gasteiger partial charge in [-0.05, 0) is 43.1 Å². The summed E-state index contributed by atoms with van der Waals surface area (Å²) in [5.41, 5.74) is 1.00. The quantitative estimate of drug-likeness (QED) is 0.846. The molecule has 0 radical (unpaired) electrons. The molecule has 0 bridgehead atoms. The highest BCUT2D eigenvalue weighted by Gasteiger charge is 2.21. The van der Waals surface area contributed by atoms with Crippen LogP contribution >= 0.6 is 0 Å². The number of hydrogen-bond acceptors (Lipinski definition) is 3. The second kappa shape index (κ2) is 8.07. The molecule has 6 heteroatoms. The van der Waals surface area contributed by atoms with Crippen molar-refractivity contribution in [3.8, 4) is 5.75 Å². The fourth-order valence-corrected chi connectivity index (χ4v) is 2.76. The third-order valence-electron chi connectivity index (χ3n) is 4.18. The van der Waals surface area contributed by atoms with Gasteiger partial charge in [0, 0.05) is 12.1 Å². The summed E-state index contributed by atoms with van der Waals surface area (Å²) in [5.74, 6) is -0.946. The molecule has 0 aromatic heterocycles. The first-order chi connectivity index (χ1) is 12.1. The van der Waals surface area contributed by atoms with Crippen LogP contribution < -0.4 is 15.4 Å². The fraction of sp³-hybridized carbons (Fsp3) is 0.316. The normalized spacial score (nSPS) is 16.6. The molecule has 3 rings (SSSR count). The van der Waals surface area contributed by atoms with E-state index in [1.165, 1.54) is 18.2 Å². The maximum atomic E-state index is 14.1. The maximum absolute atomic E-state index is 14.1. The largest absolute Gasteiger partial charge is 0.486 e. The van der Waals surface area contributed by atoms with E-state index in [1.54, 1.807) is 24.3 Å². The molecule has 1 fully saturated rings. The van der Waals surface area contributed by atoms with Gasteiger partial charge in [0.15, 0.2) is 11.6 Å². The molecule has 1 aliphatic heterocycles. The fourth-order valence-electron chi connectivity index (χ4n) is 2.76. The lowest BCUT2D eigenvalue weighted by molar-refractivity contribution is -0.122. The number of benzene rings is 2. The van der Waals surface area contributed by atoms with E-state index in [2.05, 4.69) is 10.6 Å². The molecule has 4 nitrogen and oxygen atoms in total. The van der Waals surface area contributed by atoms with Crippen LogP contribution in [0.2, 0.25) is 0 Å². The highest BCUT2D eigenvalue weighted by atomic mass is 19.1. The van der Waals surface area contributed by atoms with Gasteiger partial charge in [-0.25, -0.2) is 8.78 Å². The number of carbonyl (C=O) groups excluding carboxylic acids is 1. The number of ether oxygens (including phenoxy) is 1. The van der Waals surface area contributed by atoms with Crippen molar-refractivity contribution in [1.82, 2.24) is 10.6 Å². The second-order valence-corrected chi connectivity index (χ2v) is 6.01. The molecule has 132 valence electrons. The zero-order chi connectivity index (χ0) is 17.6. The Bertz CT molecular complexity index is 746. The van der Waals surface area contributed by atoms with Crippen molar-refractivity contribution in [3.63, 3.8) is 0 Å². The first-order valence-corrected chi connectivity index (χ1v) is 8.29. The molecule has 2 aromatic rings. The smallest absolute Gasteiger partial charge is 0.237 e. The average Bonchev–Trinajstić information content (AvgIpc) is 3.15. The van der Waals surface area contributed by atoms with Crippen molar-refractivity contribution in [3.05, 3.63) is 65.2 Å². The van der Waals surface area contributed by atoms with Crippen LogP contribution in [-0.4, -0.2) is 18.5 Å². The van der Waals surface area contributed by atoms with Crippen LogP contribution in [0.3, 0.4) is 0 Å². The average molecular weight is 346 g/mol. The number of carbonyl (C=O) groups is 1. The minimum absolute atomic E-state index is 0.0486. The number of halogens is 2. The van der Waals surface area contributed by atoms with Gasteiger partial charge >= 0.3 is 0 Å². The van der Waals surface area contributed by atoms with Crippen molar-refractivity contribution in [1.29, 1.82) is 0 Å². The van der Waals surface area contributed by atoms with E-state index in [9.17, 15) is 13.6 Å². The summed E-state index contributed by atoms with van der Waals surface area (Å²) in [5, 5.41) is 5.91. The summed E-state index contributed by atoms with van der Waals surface area (Å²) in [6.45, 7) is 1.05. The molecular formula is C19H20F2N2O2. The molecule has 1 heterocycles. The van der Waals surface area contributed by atoms with E-state index in [0.717, 1.165) is 19.4 Å². The van der Waals surface area contributed by atoms with E-state index in [1.807, 2.05) is 0 Å². The van der Waals surface area contributed by atoms with Gasteiger partial charge in [0.2, 0.25) is 5.91 Å². The Morgan fingerprint density at radius 3 is 2.76 bits per heavy atom.